The lowest BCUT2D eigenvalue weighted by atomic mass is 10.4. The van der Waals surface area contributed by atoms with E-state index in [4.69, 9.17) is 0 Å². The van der Waals surface area contributed by atoms with Gasteiger partial charge in [-0.1, -0.05) is 22.0 Å². The highest BCUT2D eigenvalue weighted by atomic mass is 79.9. The summed E-state index contributed by atoms with van der Waals surface area (Å²) in [5.74, 6) is 0. The number of alkyl halides is 1. The van der Waals surface area contributed by atoms with Crippen molar-refractivity contribution < 1.29 is 8.42 Å². The number of halogens is 1. The van der Waals surface area contributed by atoms with Crippen molar-refractivity contribution in [2.45, 2.75) is 6.42 Å². The van der Waals surface area contributed by atoms with Crippen LogP contribution in [0.25, 0.3) is 0 Å². The minimum Gasteiger partial charge on any atom is -0.214 e. The molecule has 0 saturated heterocycles. The second-order valence-corrected chi connectivity index (χ2v) is 4.81. The summed E-state index contributed by atoms with van der Waals surface area (Å²) in [5.41, 5.74) is 0. The highest BCUT2D eigenvalue weighted by molar-refractivity contribution is 9.10. The molecule has 0 unspecified atom stereocenters. The predicted molar refractivity (Wildman–Crippen MR) is 45.5 cm³/mol. The summed E-state index contributed by atoms with van der Waals surface area (Å²) < 4.78 is 23.7. The van der Waals surface area contributed by atoms with Gasteiger partial charge in [-0.25, -0.2) is 13.1 Å². The first-order chi connectivity index (χ1) is 4.62. The van der Waals surface area contributed by atoms with Gasteiger partial charge in [-0.2, -0.15) is 0 Å². The maximum Gasteiger partial charge on any atom is 0.221 e. The Bertz CT molecular complexity index is 188. The fraction of sp³-hybridized carbons (Fsp3) is 0.600. The van der Waals surface area contributed by atoms with Crippen LogP contribution >= 0.6 is 15.9 Å². The van der Waals surface area contributed by atoms with Crippen LogP contribution in [0.5, 0.6) is 0 Å². The number of nitrogens with one attached hydrogen (secondary N) is 1. The zero-order valence-corrected chi connectivity index (χ0v) is 7.91. The molecule has 0 atom stereocenters. The third-order valence-electron chi connectivity index (χ3n) is 0.814. The average Bonchev–Trinajstić information content (AvgIpc) is 1.89. The summed E-state index contributed by atoms with van der Waals surface area (Å²) in [4.78, 5) is 0. The van der Waals surface area contributed by atoms with Gasteiger partial charge in [0.2, 0.25) is 10.0 Å². The fourth-order valence-corrected chi connectivity index (χ4v) is 1.35. The zero-order valence-electron chi connectivity index (χ0n) is 5.51. The first-order valence-electron chi connectivity index (χ1n) is 2.76. The third-order valence-corrected chi connectivity index (χ3v) is 3.55. The Morgan fingerprint density at radius 2 is 2.20 bits per heavy atom. The second kappa shape index (κ2) is 4.87. The van der Waals surface area contributed by atoms with Crippen LogP contribution in [0.2, 0.25) is 0 Å². The number of rotatable bonds is 5. The molecule has 0 bridgehead atoms. The van der Waals surface area contributed by atoms with Gasteiger partial charge in [0.1, 0.15) is 4.66 Å². The Balaban J connectivity index is 3.58. The van der Waals surface area contributed by atoms with Crippen molar-refractivity contribution in [2.75, 3.05) is 11.2 Å². The molecular formula is C5H10BrNO2S. The molecule has 0 rings (SSSR count). The highest BCUT2D eigenvalue weighted by Crippen LogP contribution is 1.90. The van der Waals surface area contributed by atoms with E-state index in [0.29, 0.717) is 13.0 Å². The molecule has 0 aliphatic carbocycles. The number of hydrogen-bond acceptors (Lipinski definition) is 2. The minimum absolute atomic E-state index is 0.0445. The lowest BCUT2D eigenvalue weighted by Crippen LogP contribution is -2.24. The van der Waals surface area contributed by atoms with E-state index in [1.54, 1.807) is 6.08 Å². The Kier molecular flexibility index (Phi) is 4.93. The summed E-state index contributed by atoms with van der Waals surface area (Å²) >= 11 is 2.85. The topological polar surface area (TPSA) is 46.2 Å². The number of hydrogen-bond donors (Lipinski definition) is 1. The van der Waals surface area contributed by atoms with Gasteiger partial charge < -0.3 is 0 Å². The minimum atomic E-state index is -3.07. The molecule has 0 aromatic rings. The van der Waals surface area contributed by atoms with Gasteiger partial charge >= 0.3 is 0 Å². The summed E-state index contributed by atoms with van der Waals surface area (Å²) in [6.45, 7) is 3.89. The molecule has 0 radical (unpaired) electrons. The Morgan fingerprint density at radius 3 is 2.60 bits per heavy atom. The van der Waals surface area contributed by atoms with Crippen LogP contribution in [-0.4, -0.2) is 19.6 Å². The lowest BCUT2D eigenvalue weighted by Gasteiger charge is -1.99. The summed E-state index contributed by atoms with van der Waals surface area (Å²) in [7, 11) is -3.07. The molecule has 60 valence electrons. The van der Waals surface area contributed by atoms with E-state index in [2.05, 4.69) is 27.2 Å². The molecule has 0 aromatic carbocycles. The maximum atomic E-state index is 10.7. The molecule has 0 amide bonds. The van der Waals surface area contributed by atoms with Gasteiger partial charge in [0.25, 0.3) is 0 Å². The first kappa shape index (κ1) is 10.1. The van der Waals surface area contributed by atoms with Crippen molar-refractivity contribution in [2.24, 2.45) is 0 Å². The van der Waals surface area contributed by atoms with Crippen LogP contribution in [0.4, 0.5) is 0 Å². The van der Waals surface area contributed by atoms with Crippen molar-refractivity contribution in [1.82, 2.24) is 4.72 Å². The molecule has 0 aromatic heterocycles. The highest BCUT2D eigenvalue weighted by Gasteiger charge is 2.03. The van der Waals surface area contributed by atoms with Crippen LogP contribution in [0, 0.1) is 0 Å². The smallest absolute Gasteiger partial charge is 0.214 e. The molecule has 0 saturated carbocycles. The van der Waals surface area contributed by atoms with Crippen LogP contribution in [0.15, 0.2) is 12.7 Å². The molecule has 3 nitrogen and oxygen atoms in total. The Morgan fingerprint density at radius 1 is 1.60 bits per heavy atom. The molecule has 0 aliphatic rings. The standard InChI is InChI=1S/C5H10BrNO2S/c1-2-3-4-7-10(8,9)5-6/h2,7H,1,3-5H2. The predicted octanol–water partition coefficient (Wildman–Crippen LogP) is 0.834. The molecule has 0 spiro atoms. The van der Waals surface area contributed by atoms with Crippen LogP contribution in [-0.2, 0) is 10.0 Å². The van der Waals surface area contributed by atoms with Crippen molar-refractivity contribution in [1.29, 1.82) is 0 Å². The van der Waals surface area contributed by atoms with Gasteiger partial charge in [-0.3, -0.25) is 0 Å². The van der Waals surface area contributed by atoms with Gasteiger partial charge in [-0.05, 0) is 6.42 Å². The van der Waals surface area contributed by atoms with Gasteiger partial charge in [0.05, 0.1) is 0 Å². The maximum absolute atomic E-state index is 10.7. The molecule has 10 heavy (non-hydrogen) atoms. The van der Waals surface area contributed by atoms with Gasteiger partial charge in [0.15, 0.2) is 0 Å². The molecule has 1 N–H and O–H groups in total. The van der Waals surface area contributed by atoms with Crippen LogP contribution in [0.1, 0.15) is 6.42 Å². The normalized spacial score (nSPS) is 11.3. The van der Waals surface area contributed by atoms with E-state index in [9.17, 15) is 8.42 Å². The first-order valence-corrected chi connectivity index (χ1v) is 5.54. The number of sulfonamides is 1. The van der Waals surface area contributed by atoms with E-state index in [-0.39, 0.29) is 4.66 Å². The van der Waals surface area contributed by atoms with Crippen molar-refractivity contribution in [3.05, 3.63) is 12.7 Å². The average molecular weight is 228 g/mol. The second-order valence-electron chi connectivity index (χ2n) is 1.70. The summed E-state index contributed by atoms with van der Waals surface area (Å²) in [6.07, 6.45) is 2.32. The summed E-state index contributed by atoms with van der Waals surface area (Å²) in [6, 6.07) is 0. The lowest BCUT2D eigenvalue weighted by molar-refractivity contribution is 0.587. The summed E-state index contributed by atoms with van der Waals surface area (Å²) in [5, 5.41) is 0. The van der Waals surface area contributed by atoms with E-state index < -0.39 is 10.0 Å². The van der Waals surface area contributed by atoms with Crippen LogP contribution in [0.3, 0.4) is 0 Å². The van der Waals surface area contributed by atoms with Gasteiger partial charge in [-0.15, -0.1) is 6.58 Å². The molecule has 0 heterocycles. The van der Waals surface area contributed by atoms with Crippen LogP contribution < -0.4 is 4.72 Å². The van der Waals surface area contributed by atoms with E-state index >= 15 is 0 Å². The fourth-order valence-electron chi connectivity index (χ4n) is 0.355. The molecule has 5 heteroatoms. The largest absolute Gasteiger partial charge is 0.221 e. The van der Waals surface area contributed by atoms with Crippen molar-refractivity contribution >= 4 is 26.0 Å². The molecule has 0 aliphatic heterocycles. The Hall–Kier alpha value is 0.130. The van der Waals surface area contributed by atoms with Crippen molar-refractivity contribution in [3.63, 3.8) is 0 Å². The molecule has 0 fully saturated rings. The van der Waals surface area contributed by atoms with E-state index in [1.165, 1.54) is 0 Å². The van der Waals surface area contributed by atoms with E-state index in [1.807, 2.05) is 0 Å². The zero-order chi connectivity index (χ0) is 8.04. The third kappa shape index (κ3) is 4.96. The SMILES string of the molecule is C=CCCNS(=O)(=O)CBr. The van der Waals surface area contributed by atoms with E-state index in [0.717, 1.165) is 0 Å². The Labute approximate surface area is 69.7 Å². The molecular weight excluding hydrogens is 218 g/mol. The quantitative estimate of drug-likeness (QED) is 0.430. The van der Waals surface area contributed by atoms with Gasteiger partial charge in [0, 0.05) is 6.54 Å². The monoisotopic (exact) mass is 227 g/mol. The van der Waals surface area contributed by atoms with Crippen molar-refractivity contribution in [3.8, 4) is 0 Å².